The molecule has 3 rings (SSSR count). The molecule has 0 bridgehead atoms. The van der Waals surface area contributed by atoms with Crippen molar-refractivity contribution in [2.24, 2.45) is 0 Å². The minimum atomic E-state index is -0.235. The molecule has 6 heteroatoms. The molecule has 0 aliphatic heterocycles. The highest BCUT2D eigenvalue weighted by atomic mass is 19.1. The van der Waals surface area contributed by atoms with Gasteiger partial charge in [-0.25, -0.2) is 9.37 Å². The van der Waals surface area contributed by atoms with Gasteiger partial charge in [-0.1, -0.05) is 25.1 Å². The average Bonchev–Trinajstić information content (AvgIpc) is 2.68. The lowest BCUT2D eigenvalue weighted by Crippen LogP contribution is -2.16. The molecule has 2 heterocycles. The molecule has 0 spiro atoms. The molecule has 3 aromatic rings. The zero-order valence-corrected chi connectivity index (χ0v) is 14.9. The molecule has 134 valence electrons. The van der Waals surface area contributed by atoms with Gasteiger partial charge in [0.1, 0.15) is 11.6 Å². The number of hydrogen-bond acceptors (Lipinski definition) is 5. The molecule has 0 unspecified atom stereocenters. The maximum atomic E-state index is 13.8. The summed E-state index contributed by atoms with van der Waals surface area (Å²) in [6, 6.07) is 12.6. The van der Waals surface area contributed by atoms with Crippen LogP contribution in [0.2, 0.25) is 0 Å². The Morgan fingerprint density at radius 3 is 2.58 bits per heavy atom. The first-order chi connectivity index (χ1) is 12.7. The van der Waals surface area contributed by atoms with Crippen LogP contribution in [0.1, 0.15) is 25.8 Å². The summed E-state index contributed by atoms with van der Waals surface area (Å²) in [7, 11) is 0. The largest absolute Gasteiger partial charge is 0.366 e. The number of nitrogens with zero attached hydrogens (tertiary/aromatic N) is 3. The van der Waals surface area contributed by atoms with Gasteiger partial charge in [0.2, 0.25) is 5.95 Å². The molecular formula is C20H22FN5. The van der Waals surface area contributed by atoms with Gasteiger partial charge < -0.3 is 10.6 Å². The van der Waals surface area contributed by atoms with E-state index in [4.69, 9.17) is 0 Å². The third kappa shape index (κ3) is 4.53. The first-order valence-corrected chi connectivity index (χ1v) is 8.69. The van der Waals surface area contributed by atoms with Crippen molar-refractivity contribution in [3.63, 3.8) is 0 Å². The fourth-order valence-corrected chi connectivity index (χ4v) is 2.42. The van der Waals surface area contributed by atoms with Gasteiger partial charge >= 0.3 is 0 Å². The summed E-state index contributed by atoms with van der Waals surface area (Å²) in [5.74, 6) is 0.951. The SMILES string of the molecule is CC[C@@H](C)Nc1nc(NCc2ccccc2F)cc(-c2ccncc2)n1. The molecule has 0 fully saturated rings. The lowest BCUT2D eigenvalue weighted by atomic mass is 10.2. The number of rotatable bonds is 7. The fourth-order valence-electron chi connectivity index (χ4n) is 2.42. The zero-order chi connectivity index (χ0) is 18.4. The van der Waals surface area contributed by atoms with E-state index in [1.807, 2.05) is 24.3 Å². The summed E-state index contributed by atoms with van der Waals surface area (Å²) in [6.07, 6.45) is 4.41. The van der Waals surface area contributed by atoms with E-state index in [1.165, 1.54) is 6.07 Å². The second kappa shape index (κ2) is 8.38. The van der Waals surface area contributed by atoms with Crippen molar-refractivity contribution in [2.75, 3.05) is 10.6 Å². The molecule has 2 N–H and O–H groups in total. The van der Waals surface area contributed by atoms with Crippen LogP contribution < -0.4 is 10.6 Å². The second-order valence-electron chi connectivity index (χ2n) is 6.10. The van der Waals surface area contributed by atoms with Gasteiger partial charge in [0, 0.05) is 42.2 Å². The Hall–Kier alpha value is -3.02. The van der Waals surface area contributed by atoms with Gasteiger partial charge in [-0.15, -0.1) is 0 Å². The monoisotopic (exact) mass is 351 g/mol. The minimum absolute atomic E-state index is 0.235. The lowest BCUT2D eigenvalue weighted by Gasteiger charge is -2.14. The van der Waals surface area contributed by atoms with Gasteiger partial charge in [-0.05, 0) is 31.5 Å². The highest BCUT2D eigenvalue weighted by Gasteiger charge is 2.09. The number of pyridine rings is 1. The normalized spacial score (nSPS) is 11.8. The summed E-state index contributed by atoms with van der Waals surface area (Å²) in [4.78, 5) is 13.2. The molecule has 0 radical (unpaired) electrons. The van der Waals surface area contributed by atoms with Crippen molar-refractivity contribution >= 4 is 11.8 Å². The molecule has 0 amide bonds. The van der Waals surface area contributed by atoms with E-state index in [9.17, 15) is 4.39 Å². The van der Waals surface area contributed by atoms with Crippen molar-refractivity contribution in [1.29, 1.82) is 0 Å². The summed E-state index contributed by atoms with van der Waals surface area (Å²) >= 11 is 0. The van der Waals surface area contributed by atoms with Gasteiger partial charge in [0.15, 0.2) is 0 Å². The Balaban J connectivity index is 1.88. The Labute approximate surface area is 152 Å². The van der Waals surface area contributed by atoms with Crippen LogP contribution in [-0.4, -0.2) is 21.0 Å². The highest BCUT2D eigenvalue weighted by molar-refractivity contribution is 5.64. The van der Waals surface area contributed by atoms with E-state index in [0.717, 1.165) is 17.7 Å². The van der Waals surface area contributed by atoms with E-state index < -0.39 is 0 Å². The van der Waals surface area contributed by atoms with E-state index >= 15 is 0 Å². The van der Waals surface area contributed by atoms with E-state index in [0.29, 0.717) is 23.9 Å². The quantitative estimate of drug-likeness (QED) is 0.656. The molecule has 0 saturated carbocycles. The first-order valence-electron chi connectivity index (χ1n) is 8.69. The standard InChI is InChI=1S/C20H22FN5/c1-3-14(2)24-20-25-18(15-8-10-22-11-9-15)12-19(26-20)23-13-16-6-4-5-7-17(16)21/h4-12,14H,3,13H2,1-2H3,(H2,23,24,25,26)/t14-/m1/s1. The topological polar surface area (TPSA) is 62.7 Å². The molecule has 1 aromatic carbocycles. The smallest absolute Gasteiger partial charge is 0.225 e. The van der Waals surface area contributed by atoms with Crippen LogP contribution in [0.15, 0.2) is 54.9 Å². The van der Waals surface area contributed by atoms with Crippen molar-refractivity contribution in [2.45, 2.75) is 32.9 Å². The van der Waals surface area contributed by atoms with Crippen molar-refractivity contribution in [3.05, 3.63) is 66.2 Å². The summed E-state index contributed by atoms with van der Waals surface area (Å²) < 4.78 is 13.8. The number of benzene rings is 1. The van der Waals surface area contributed by atoms with Crippen molar-refractivity contribution in [3.8, 4) is 11.3 Å². The molecule has 5 nitrogen and oxygen atoms in total. The summed E-state index contributed by atoms with van der Waals surface area (Å²) in [5, 5.41) is 6.50. The average molecular weight is 351 g/mol. The Bertz CT molecular complexity index is 854. The minimum Gasteiger partial charge on any atom is -0.366 e. The van der Waals surface area contributed by atoms with E-state index in [1.54, 1.807) is 24.5 Å². The summed E-state index contributed by atoms with van der Waals surface area (Å²) in [6.45, 7) is 4.53. The number of halogens is 1. The molecule has 0 aliphatic rings. The second-order valence-corrected chi connectivity index (χ2v) is 6.10. The summed E-state index contributed by atoms with van der Waals surface area (Å²) in [5.41, 5.74) is 2.32. The number of nitrogens with one attached hydrogen (secondary N) is 2. The molecule has 2 aromatic heterocycles. The van der Waals surface area contributed by atoms with Crippen LogP contribution in [-0.2, 0) is 6.54 Å². The maximum Gasteiger partial charge on any atom is 0.225 e. The van der Waals surface area contributed by atoms with Crippen molar-refractivity contribution < 1.29 is 4.39 Å². The maximum absolute atomic E-state index is 13.8. The Morgan fingerprint density at radius 1 is 1.08 bits per heavy atom. The first kappa shape index (κ1) is 17.8. The Morgan fingerprint density at radius 2 is 1.85 bits per heavy atom. The van der Waals surface area contributed by atoms with Crippen molar-refractivity contribution in [1.82, 2.24) is 15.0 Å². The van der Waals surface area contributed by atoms with E-state index in [-0.39, 0.29) is 11.9 Å². The molecule has 0 aliphatic carbocycles. The van der Waals surface area contributed by atoms with Gasteiger partial charge in [0.25, 0.3) is 0 Å². The molecular weight excluding hydrogens is 329 g/mol. The van der Waals surface area contributed by atoms with Crippen LogP contribution in [0.4, 0.5) is 16.2 Å². The molecule has 0 saturated heterocycles. The third-order valence-corrected chi connectivity index (χ3v) is 4.11. The molecule has 1 atom stereocenters. The predicted molar refractivity (Wildman–Crippen MR) is 102 cm³/mol. The van der Waals surface area contributed by atoms with Gasteiger partial charge in [-0.2, -0.15) is 4.98 Å². The van der Waals surface area contributed by atoms with E-state index in [2.05, 4.69) is 39.4 Å². The van der Waals surface area contributed by atoms with Crippen LogP contribution in [0.5, 0.6) is 0 Å². The van der Waals surface area contributed by atoms with Crippen LogP contribution in [0.3, 0.4) is 0 Å². The number of anilines is 2. The van der Waals surface area contributed by atoms with Gasteiger partial charge in [0.05, 0.1) is 5.69 Å². The lowest BCUT2D eigenvalue weighted by molar-refractivity contribution is 0.613. The van der Waals surface area contributed by atoms with Gasteiger partial charge in [-0.3, -0.25) is 4.98 Å². The van der Waals surface area contributed by atoms with Crippen LogP contribution in [0, 0.1) is 5.82 Å². The van der Waals surface area contributed by atoms with Crippen LogP contribution >= 0.6 is 0 Å². The number of hydrogen-bond donors (Lipinski definition) is 2. The van der Waals surface area contributed by atoms with Crippen LogP contribution in [0.25, 0.3) is 11.3 Å². The fraction of sp³-hybridized carbons (Fsp3) is 0.250. The molecule has 26 heavy (non-hydrogen) atoms. The number of aromatic nitrogens is 3. The highest BCUT2D eigenvalue weighted by Crippen LogP contribution is 2.22. The predicted octanol–water partition coefficient (Wildman–Crippen LogP) is 4.50. The zero-order valence-electron chi connectivity index (χ0n) is 14.9. The Kier molecular flexibility index (Phi) is 5.73. The third-order valence-electron chi connectivity index (χ3n) is 4.11.